The Balaban J connectivity index is 1.74. The molecule has 0 radical (unpaired) electrons. The molecule has 3 N–H and O–H groups in total. The molecular weight excluding hydrogens is 443 g/mol. The second kappa shape index (κ2) is 9.17. The first kappa shape index (κ1) is 22.9. The molecule has 1 saturated heterocycles. The molecule has 1 aromatic heterocycles. The molecule has 0 atom stereocenters. The van der Waals surface area contributed by atoms with Gasteiger partial charge in [0.25, 0.3) is 5.91 Å². The van der Waals surface area contributed by atoms with Crippen LogP contribution in [0.15, 0.2) is 30.3 Å². The van der Waals surface area contributed by atoms with Gasteiger partial charge in [0.05, 0.1) is 0 Å². The number of carbonyl (C=O) groups excluding carboxylic acids is 1. The van der Waals surface area contributed by atoms with Gasteiger partial charge in [-0.2, -0.15) is 28.9 Å². The fourth-order valence-electron chi connectivity index (χ4n) is 3.41. The maximum atomic E-state index is 12.9. The standard InChI is InChI=1S/C19H23ClF3N3O3S/c20-15-4-2-1-3-14(15)12-26(8-5-13-6-9-30(28,29)10-7-13)18(27)16-11-17(25-24-16)19(21,22)23/h1-4,11,13,28-29H,5-10,12H2,(H,24,25). The van der Waals surface area contributed by atoms with E-state index >= 15 is 0 Å². The maximum Gasteiger partial charge on any atom is 0.432 e. The smallest absolute Gasteiger partial charge is 0.333 e. The predicted octanol–water partition coefficient (Wildman–Crippen LogP) is 5.28. The highest BCUT2D eigenvalue weighted by molar-refractivity contribution is 8.24. The zero-order chi connectivity index (χ0) is 21.9. The summed E-state index contributed by atoms with van der Waals surface area (Å²) in [4.78, 5) is 14.4. The van der Waals surface area contributed by atoms with Gasteiger partial charge in [-0.05, 0) is 36.8 Å². The number of amides is 1. The molecule has 30 heavy (non-hydrogen) atoms. The van der Waals surface area contributed by atoms with Crippen LogP contribution in [0.5, 0.6) is 0 Å². The van der Waals surface area contributed by atoms with Gasteiger partial charge in [0.1, 0.15) is 5.69 Å². The first-order chi connectivity index (χ1) is 14.0. The van der Waals surface area contributed by atoms with E-state index in [1.165, 1.54) is 4.90 Å². The van der Waals surface area contributed by atoms with Crippen LogP contribution >= 0.6 is 22.2 Å². The summed E-state index contributed by atoms with van der Waals surface area (Å²) in [6.45, 7) is 0.427. The highest BCUT2D eigenvalue weighted by atomic mass is 35.5. The van der Waals surface area contributed by atoms with Crippen LogP contribution in [0.3, 0.4) is 0 Å². The monoisotopic (exact) mass is 465 g/mol. The largest absolute Gasteiger partial charge is 0.432 e. The SMILES string of the molecule is O=C(c1cc(C(F)(F)F)[nH]n1)N(CCC1CCS(O)(O)CC1)Cc1ccccc1Cl. The Morgan fingerprint density at radius 1 is 1.27 bits per heavy atom. The molecule has 1 fully saturated rings. The van der Waals surface area contributed by atoms with Crippen LogP contribution in [-0.2, 0) is 12.7 Å². The van der Waals surface area contributed by atoms with Gasteiger partial charge in [0.2, 0.25) is 0 Å². The number of alkyl halides is 3. The predicted molar refractivity (Wildman–Crippen MR) is 110 cm³/mol. The van der Waals surface area contributed by atoms with Crippen molar-refractivity contribution in [3.63, 3.8) is 0 Å². The Morgan fingerprint density at radius 2 is 1.93 bits per heavy atom. The van der Waals surface area contributed by atoms with Crippen LogP contribution in [0, 0.1) is 5.92 Å². The molecule has 2 aromatic rings. The number of carbonyl (C=O) groups is 1. The quantitative estimate of drug-likeness (QED) is 0.541. The van der Waals surface area contributed by atoms with Gasteiger partial charge >= 0.3 is 6.18 Å². The summed E-state index contributed by atoms with van der Waals surface area (Å²) >= 11 is 6.20. The zero-order valence-electron chi connectivity index (χ0n) is 16.0. The average molecular weight is 466 g/mol. The van der Waals surface area contributed by atoms with Crippen LogP contribution in [0.1, 0.15) is 41.0 Å². The normalized spacial score (nSPS) is 18.2. The minimum absolute atomic E-state index is 0.134. The maximum absolute atomic E-state index is 12.9. The van der Waals surface area contributed by atoms with Crippen molar-refractivity contribution in [2.24, 2.45) is 5.92 Å². The third-order valence-corrected chi connectivity index (χ3v) is 7.37. The molecule has 0 aliphatic carbocycles. The summed E-state index contributed by atoms with van der Waals surface area (Å²) in [6.07, 6.45) is -2.75. The van der Waals surface area contributed by atoms with E-state index in [-0.39, 0.29) is 18.2 Å². The van der Waals surface area contributed by atoms with E-state index in [1.807, 2.05) is 5.10 Å². The Labute approximate surface area is 178 Å². The summed E-state index contributed by atoms with van der Waals surface area (Å²) in [6, 6.07) is 7.66. The van der Waals surface area contributed by atoms with E-state index in [4.69, 9.17) is 11.6 Å². The molecule has 2 heterocycles. The molecule has 166 valence electrons. The molecule has 0 bridgehead atoms. The van der Waals surface area contributed by atoms with E-state index < -0.39 is 28.4 Å². The molecule has 1 aliphatic heterocycles. The van der Waals surface area contributed by atoms with Crippen LogP contribution < -0.4 is 0 Å². The van der Waals surface area contributed by atoms with Crippen molar-refractivity contribution in [1.82, 2.24) is 15.1 Å². The van der Waals surface area contributed by atoms with Crippen molar-refractivity contribution in [3.8, 4) is 0 Å². The second-order valence-electron chi connectivity index (χ2n) is 7.43. The minimum atomic E-state index is -4.62. The van der Waals surface area contributed by atoms with Gasteiger partial charge in [-0.15, -0.1) is 0 Å². The number of aromatic nitrogens is 2. The number of rotatable bonds is 6. The number of nitrogens with zero attached hydrogens (tertiary/aromatic N) is 2. The molecule has 1 aromatic carbocycles. The summed E-state index contributed by atoms with van der Waals surface area (Å²) in [7, 11) is -2.50. The molecule has 0 unspecified atom stereocenters. The number of hydrogen-bond acceptors (Lipinski definition) is 4. The minimum Gasteiger partial charge on any atom is -0.333 e. The Morgan fingerprint density at radius 3 is 2.53 bits per heavy atom. The van der Waals surface area contributed by atoms with Gasteiger partial charge < -0.3 is 4.90 Å². The molecule has 1 amide bonds. The number of benzene rings is 1. The number of aromatic amines is 1. The Bertz CT molecular complexity index is 881. The van der Waals surface area contributed by atoms with E-state index in [0.717, 1.165) is 0 Å². The lowest BCUT2D eigenvalue weighted by Gasteiger charge is -2.39. The molecular formula is C19H23ClF3N3O3S. The van der Waals surface area contributed by atoms with Crippen LogP contribution in [0.2, 0.25) is 5.02 Å². The molecule has 0 spiro atoms. The second-order valence-corrected chi connectivity index (χ2v) is 10.3. The van der Waals surface area contributed by atoms with E-state index in [2.05, 4.69) is 5.10 Å². The average Bonchev–Trinajstić information content (AvgIpc) is 3.17. The molecule has 0 saturated carbocycles. The van der Waals surface area contributed by atoms with Crippen LogP contribution in [0.25, 0.3) is 0 Å². The molecule has 1 aliphatic rings. The first-order valence-electron chi connectivity index (χ1n) is 9.44. The fraction of sp³-hybridized carbons (Fsp3) is 0.474. The lowest BCUT2D eigenvalue weighted by Crippen LogP contribution is -2.34. The van der Waals surface area contributed by atoms with Crippen molar-refractivity contribution >= 4 is 28.1 Å². The Kier molecular flexibility index (Phi) is 7.01. The third-order valence-electron chi connectivity index (χ3n) is 5.22. The number of halogens is 4. The highest BCUT2D eigenvalue weighted by Crippen LogP contribution is 2.46. The fourth-order valence-corrected chi connectivity index (χ4v) is 5.23. The van der Waals surface area contributed by atoms with Gasteiger partial charge in [-0.3, -0.25) is 19.0 Å². The zero-order valence-corrected chi connectivity index (χ0v) is 17.6. The van der Waals surface area contributed by atoms with Crippen molar-refractivity contribution in [1.29, 1.82) is 0 Å². The number of hydrogen-bond donors (Lipinski definition) is 3. The summed E-state index contributed by atoms with van der Waals surface area (Å²) < 4.78 is 58.1. The van der Waals surface area contributed by atoms with Crippen molar-refractivity contribution in [2.75, 3.05) is 18.1 Å². The van der Waals surface area contributed by atoms with Crippen molar-refractivity contribution < 1.29 is 27.1 Å². The molecule has 6 nitrogen and oxygen atoms in total. The summed E-state index contributed by atoms with van der Waals surface area (Å²) in [5.74, 6) is 0.257. The van der Waals surface area contributed by atoms with Crippen molar-refractivity contribution in [2.45, 2.75) is 32.0 Å². The van der Waals surface area contributed by atoms with E-state index in [1.54, 1.807) is 24.3 Å². The summed E-state index contributed by atoms with van der Waals surface area (Å²) in [5, 5.41) is 5.88. The summed E-state index contributed by atoms with van der Waals surface area (Å²) in [5.41, 5.74) is -0.717. The topological polar surface area (TPSA) is 89.5 Å². The van der Waals surface area contributed by atoms with Gasteiger partial charge in [-0.1, -0.05) is 29.8 Å². The molecule has 11 heteroatoms. The lowest BCUT2D eigenvalue weighted by atomic mass is 9.98. The van der Waals surface area contributed by atoms with Gasteiger partial charge in [0.15, 0.2) is 5.69 Å². The Hall–Kier alpha value is -1.75. The number of nitrogens with one attached hydrogen (secondary N) is 1. The van der Waals surface area contributed by atoms with E-state index in [0.29, 0.717) is 54.0 Å². The van der Waals surface area contributed by atoms with Gasteiger partial charge in [0, 0.05) is 35.7 Å². The van der Waals surface area contributed by atoms with Crippen LogP contribution in [-0.4, -0.2) is 48.2 Å². The van der Waals surface area contributed by atoms with Crippen LogP contribution in [0.4, 0.5) is 13.2 Å². The first-order valence-corrected chi connectivity index (χ1v) is 11.7. The third kappa shape index (κ3) is 5.90. The molecule has 3 rings (SSSR count). The van der Waals surface area contributed by atoms with Gasteiger partial charge in [-0.25, -0.2) is 0 Å². The lowest BCUT2D eigenvalue weighted by molar-refractivity contribution is -0.141. The highest BCUT2D eigenvalue weighted by Gasteiger charge is 2.34. The number of H-pyrrole nitrogens is 1. The van der Waals surface area contributed by atoms with Crippen molar-refractivity contribution in [3.05, 3.63) is 52.3 Å². The van der Waals surface area contributed by atoms with E-state index in [9.17, 15) is 27.1 Å².